The predicted octanol–water partition coefficient (Wildman–Crippen LogP) is 4.89. The third-order valence-electron chi connectivity index (χ3n) is 9.71. The number of nitrogens with one attached hydrogen (secondary N) is 2. The predicted molar refractivity (Wildman–Crippen MR) is 140 cm³/mol. The molecule has 1 saturated heterocycles. The lowest BCUT2D eigenvalue weighted by molar-refractivity contribution is -0.131. The molecule has 3 N–H and O–H groups in total. The minimum Gasteiger partial charge on any atom is -0.504 e. The summed E-state index contributed by atoms with van der Waals surface area (Å²) in [5.41, 5.74) is 4.91. The molecule has 1 fully saturated rings. The Hall–Kier alpha value is -2.99. The number of phenolic OH excluding ortho intramolecular Hbond substituents is 1. The van der Waals surface area contributed by atoms with E-state index in [0.29, 0.717) is 12.2 Å². The van der Waals surface area contributed by atoms with Crippen LogP contribution in [0.5, 0.6) is 11.5 Å². The smallest absolute Gasteiger partial charge is 0.220 e. The number of rotatable bonds is 6. The van der Waals surface area contributed by atoms with E-state index in [4.69, 9.17) is 4.74 Å². The lowest BCUT2D eigenvalue weighted by atomic mass is 9.47. The highest BCUT2D eigenvalue weighted by Gasteiger charge is 2.73. The van der Waals surface area contributed by atoms with Gasteiger partial charge in [-0.25, -0.2) is 0 Å². The van der Waals surface area contributed by atoms with E-state index < -0.39 is 11.0 Å². The van der Waals surface area contributed by atoms with E-state index in [1.165, 1.54) is 22.9 Å². The number of aromatic nitrogens is 1. The van der Waals surface area contributed by atoms with Crippen molar-refractivity contribution in [2.24, 2.45) is 0 Å². The number of H-pyrrole nitrogens is 1. The van der Waals surface area contributed by atoms with Crippen LogP contribution < -0.4 is 10.1 Å². The fourth-order valence-electron chi connectivity index (χ4n) is 8.15. The highest BCUT2D eigenvalue weighted by molar-refractivity contribution is 5.87. The molecule has 4 aliphatic rings. The summed E-state index contributed by atoms with van der Waals surface area (Å²) >= 11 is 0. The van der Waals surface area contributed by atoms with Crippen LogP contribution in [0.1, 0.15) is 73.9 Å². The highest BCUT2D eigenvalue weighted by atomic mass is 16.5. The van der Waals surface area contributed by atoms with Crippen LogP contribution in [0.25, 0.3) is 10.9 Å². The number of fused-ring (bicyclic) bond motifs is 4. The molecule has 0 saturated carbocycles. The number of phenols is 1. The maximum Gasteiger partial charge on any atom is 0.220 e. The number of amides is 1. The average Bonchev–Trinajstić information content (AvgIpc) is 3.41. The molecule has 3 aromatic rings. The van der Waals surface area contributed by atoms with E-state index in [1.807, 2.05) is 0 Å². The maximum absolute atomic E-state index is 13.6. The summed E-state index contributed by atoms with van der Waals surface area (Å²) in [6.07, 6.45) is 7.09. The number of carbonyl (C=O) groups excluding carboxylic acids is 1. The van der Waals surface area contributed by atoms with Crippen molar-refractivity contribution >= 4 is 16.8 Å². The van der Waals surface area contributed by atoms with Gasteiger partial charge in [0.15, 0.2) is 17.6 Å². The number of nitrogens with zero attached hydrogens (tertiary/aromatic N) is 1. The van der Waals surface area contributed by atoms with Gasteiger partial charge in [0.1, 0.15) is 0 Å². The van der Waals surface area contributed by atoms with E-state index in [1.54, 1.807) is 6.07 Å². The third-order valence-corrected chi connectivity index (χ3v) is 9.71. The fraction of sp³-hybridized carbons (Fsp3) is 0.500. The summed E-state index contributed by atoms with van der Waals surface area (Å²) in [6, 6.07) is 12.5. The minimum absolute atomic E-state index is 0.143. The number of likely N-dealkylation sites (tertiary alicyclic amines) is 1. The molecule has 0 unspecified atom stereocenters. The highest BCUT2D eigenvalue weighted by Crippen LogP contribution is 2.68. The number of piperidine rings is 1. The Labute approximate surface area is 212 Å². The molecule has 1 amide bonds. The Morgan fingerprint density at radius 2 is 2.08 bits per heavy atom. The Kier molecular flexibility index (Phi) is 4.79. The van der Waals surface area contributed by atoms with Gasteiger partial charge >= 0.3 is 0 Å². The number of ether oxygens (including phenoxy) is 1. The summed E-state index contributed by atoms with van der Waals surface area (Å²) in [6.45, 7) is 3.13. The van der Waals surface area contributed by atoms with Gasteiger partial charge in [-0.3, -0.25) is 4.79 Å². The van der Waals surface area contributed by atoms with Crippen LogP contribution in [0.4, 0.5) is 0 Å². The van der Waals surface area contributed by atoms with Gasteiger partial charge in [-0.05, 0) is 56.1 Å². The van der Waals surface area contributed by atoms with Gasteiger partial charge in [0.25, 0.3) is 0 Å². The average molecular weight is 486 g/mol. The molecule has 6 nitrogen and oxygen atoms in total. The van der Waals surface area contributed by atoms with Gasteiger partial charge in [0.05, 0.1) is 16.6 Å². The number of carbonyl (C=O) groups is 1. The number of hydrogen-bond donors (Lipinski definition) is 3. The molecule has 1 spiro atoms. The van der Waals surface area contributed by atoms with E-state index in [2.05, 4.69) is 59.5 Å². The zero-order valence-corrected chi connectivity index (χ0v) is 21.2. The van der Waals surface area contributed by atoms with Crippen molar-refractivity contribution in [1.29, 1.82) is 0 Å². The number of para-hydroxylation sites is 1. The quantitative estimate of drug-likeness (QED) is 0.435. The zero-order valence-electron chi connectivity index (χ0n) is 21.2. The molecular formula is C30H35N3O3. The Balaban J connectivity index is 1.44. The Morgan fingerprint density at radius 3 is 2.94 bits per heavy atom. The number of likely N-dealkylation sites (N-methyl/N-ethyl adjacent to an activating group) is 1. The first-order valence-corrected chi connectivity index (χ1v) is 13.6. The summed E-state index contributed by atoms with van der Waals surface area (Å²) in [5, 5.41) is 15.8. The van der Waals surface area contributed by atoms with Crippen molar-refractivity contribution in [2.75, 3.05) is 13.6 Å². The number of aromatic hydroxyl groups is 1. The van der Waals surface area contributed by atoms with Crippen molar-refractivity contribution < 1.29 is 14.6 Å². The maximum atomic E-state index is 13.6. The van der Waals surface area contributed by atoms with Gasteiger partial charge in [0.2, 0.25) is 5.91 Å². The van der Waals surface area contributed by atoms with E-state index in [0.717, 1.165) is 61.8 Å². The number of unbranched alkanes of at least 4 members (excludes halogenated alkanes) is 3. The fourth-order valence-corrected chi connectivity index (χ4v) is 8.15. The van der Waals surface area contributed by atoms with Crippen molar-refractivity contribution in [3.8, 4) is 11.5 Å². The molecule has 2 aliphatic heterocycles. The van der Waals surface area contributed by atoms with E-state index in [-0.39, 0.29) is 23.8 Å². The second-order valence-corrected chi connectivity index (χ2v) is 11.4. The van der Waals surface area contributed by atoms with Crippen molar-refractivity contribution in [3.05, 3.63) is 58.8 Å². The first-order chi connectivity index (χ1) is 17.5. The molecule has 2 bridgehead atoms. The zero-order chi connectivity index (χ0) is 24.7. The van der Waals surface area contributed by atoms with Crippen molar-refractivity contribution in [3.63, 3.8) is 0 Å². The van der Waals surface area contributed by atoms with Crippen LogP contribution in [0.15, 0.2) is 36.4 Å². The second kappa shape index (κ2) is 7.75. The molecule has 188 valence electrons. The molecule has 2 aliphatic carbocycles. The summed E-state index contributed by atoms with van der Waals surface area (Å²) < 4.78 is 6.77. The molecule has 3 heterocycles. The largest absolute Gasteiger partial charge is 0.504 e. The SMILES string of the molecule is CCCCCCC(=O)N[C@@]12Cc3c([nH]c4ccccc34)[C@@H]3Oc4c(O)ccc5c4[C@@]31CCN(C)[C@H]2C5. The number of hydrogen-bond acceptors (Lipinski definition) is 4. The van der Waals surface area contributed by atoms with Gasteiger partial charge in [0, 0.05) is 35.3 Å². The summed E-state index contributed by atoms with van der Waals surface area (Å²) in [7, 11) is 2.20. The molecule has 7 rings (SSSR count). The first-order valence-electron chi connectivity index (χ1n) is 13.6. The van der Waals surface area contributed by atoms with Crippen LogP contribution >= 0.6 is 0 Å². The topological polar surface area (TPSA) is 77.6 Å². The lowest BCUT2D eigenvalue weighted by Gasteiger charge is -2.64. The molecule has 1 aromatic heterocycles. The van der Waals surface area contributed by atoms with Gasteiger partial charge in [-0.1, -0.05) is 50.5 Å². The third kappa shape index (κ3) is 2.68. The molecule has 4 atom stereocenters. The molecule has 2 aromatic carbocycles. The van der Waals surface area contributed by atoms with E-state index >= 15 is 0 Å². The van der Waals surface area contributed by atoms with Gasteiger partial charge in [-0.2, -0.15) is 0 Å². The second-order valence-electron chi connectivity index (χ2n) is 11.4. The minimum atomic E-state index is -0.503. The number of benzene rings is 2. The Bertz CT molecular complexity index is 1380. The van der Waals surface area contributed by atoms with Crippen LogP contribution in [-0.2, 0) is 23.1 Å². The van der Waals surface area contributed by atoms with Crippen molar-refractivity contribution in [1.82, 2.24) is 15.2 Å². The van der Waals surface area contributed by atoms with Crippen LogP contribution in [0.2, 0.25) is 0 Å². The monoisotopic (exact) mass is 485 g/mol. The molecular weight excluding hydrogens is 450 g/mol. The molecule has 36 heavy (non-hydrogen) atoms. The van der Waals surface area contributed by atoms with Gasteiger partial charge in [-0.15, -0.1) is 0 Å². The lowest BCUT2D eigenvalue weighted by Crippen LogP contribution is -2.79. The number of aromatic amines is 1. The molecule has 0 radical (unpaired) electrons. The molecule has 6 heteroatoms. The standard InChI is InChI=1S/C30H35N3O3/c1-3-4-5-6-11-24(35)32-30-17-20-19-9-7-8-10-21(19)31-26(20)28-29(30)14-15-33(2)23(30)16-18-12-13-22(34)27(36-28)25(18)29/h7-10,12-13,23,28,31,34H,3-6,11,14-17H2,1-2H3,(H,32,35)/t23-,28-,29-,30+/m0/s1. The van der Waals surface area contributed by atoms with Crippen LogP contribution in [0, 0.1) is 0 Å². The van der Waals surface area contributed by atoms with Crippen molar-refractivity contribution in [2.45, 2.75) is 81.4 Å². The van der Waals surface area contributed by atoms with Gasteiger partial charge < -0.3 is 25.0 Å². The normalized spacial score (nSPS) is 29.5. The van der Waals surface area contributed by atoms with E-state index in [9.17, 15) is 9.90 Å². The summed E-state index contributed by atoms with van der Waals surface area (Å²) in [4.78, 5) is 19.8. The van der Waals surface area contributed by atoms with Crippen LogP contribution in [-0.4, -0.2) is 46.1 Å². The summed E-state index contributed by atoms with van der Waals surface area (Å²) in [5.74, 6) is 0.964. The first kappa shape index (κ1) is 22.2. The van der Waals surface area contributed by atoms with Crippen LogP contribution in [0.3, 0.4) is 0 Å². The Morgan fingerprint density at radius 1 is 1.22 bits per heavy atom.